The molecule has 1 saturated carbocycles. The molecule has 0 spiro atoms. The number of hydrogen-bond acceptors (Lipinski definition) is 2. The Morgan fingerprint density at radius 2 is 2.29 bits per heavy atom. The SMILES string of the molecule is C#CCO[C@H]1C[C@@H]1C(=O)NC(C)(C)C. The van der Waals surface area contributed by atoms with E-state index in [1.54, 1.807) is 0 Å². The maximum Gasteiger partial charge on any atom is 0.226 e. The Hall–Kier alpha value is -1.01. The van der Waals surface area contributed by atoms with Gasteiger partial charge in [0.25, 0.3) is 0 Å². The third kappa shape index (κ3) is 3.39. The number of terminal acetylenes is 1. The van der Waals surface area contributed by atoms with Gasteiger partial charge in [0.1, 0.15) is 6.61 Å². The van der Waals surface area contributed by atoms with Gasteiger partial charge >= 0.3 is 0 Å². The van der Waals surface area contributed by atoms with Gasteiger partial charge in [-0.3, -0.25) is 4.79 Å². The fraction of sp³-hybridized carbons (Fsp3) is 0.727. The Balaban J connectivity index is 2.26. The minimum Gasteiger partial charge on any atom is -0.365 e. The van der Waals surface area contributed by atoms with Crippen molar-refractivity contribution in [2.45, 2.75) is 38.8 Å². The summed E-state index contributed by atoms with van der Waals surface area (Å²) in [6.07, 6.45) is 5.88. The highest BCUT2D eigenvalue weighted by molar-refractivity contribution is 5.82. The van der Waals surface area contributed by atoms with Crippen LogP contribution in [0.25, 0.3) is 0 Å². The van der Waals surface area contributed by atoms with Crippen LogP contribution in [-0.4, -0.2) is 24.2 Å². The average Bonchev–Trinajstić information content (AvgIpc) is 2.76. The van der Waals surface area contributed by atoms with Gasteiger partial charge in [-0.1, -0.05) is 5.92 Å². The van der Waals surface area contributed by atoms with Crippen molar-refractivity contribution in [1.29, 1.82) is 0 Å². The normalized spacial score (nSPS) is 25.3. The molecular weight excluding hydrogens is 178 g/mol. The maximum atomic E-state index is 11.6. The Labute approximate surface area is 85.2 Å². The van der Waals surface area contributed by atoms with E-state index < -0.39 is 0 Å². The Bertz CT molecular complexity index is 259. The lowest BCUT2D eigenvalue weighted by molar-refractivity contribution is -0.124. The number of nitrogens with one attached hydrogen (secondary N) is 1. The number of hydrogen-bond donors (Lipinski definition) is 1. The van der Waals surface area contributed by atoms with Gasteiger partial charge in [0.05, 0.1) is 12.0 Å². The first-order valence-corrected chi connectivity index (χ1v) is 4.81. The van der Waals surface area contributed by atoms with Gasteiger partial charge in [-0.25, -0.2) is 0 Å². The summed E-state index contributed by atoms with van der Waals surface area (Å²) in [5.74, 6) is 2.46. The van der Waals surface area contributed by atoms with Crippen LogP contribution in [0.1, 0.15) is 27.2 Å². The van der Waals surface area contributed by atoms with Crippen LogP contribution in [0, 0.1) is 18.3 Å². The monoisotopic (exact) mass is 195 g/mol. The molecule has 0 unspecified atom stereocenters. The van der Waals surface area contributed by atoms with Crippen molar-refractivity contribution in [3.8, 4) is 12.3 Å². The van der Waals surface area contributed by atoms with Crippen LogP contribution in [0.2, 0.25) is 0 Å². The second kappa shape index (κ2) is 4.02. The molecule has 2 atom stereocenters. The van der Waals surface area contributed by atoms with E-state index in [0.29, 0.717) is 6.61 Å². The van der Waals surface area contributed by atoms with Crippen LogP contribution in [0.4, 0.5) is 0 Å². The predicted molar refractivity (Wildman–Crippen MR) is 54.6 cm³/mol. The summed E-state index contributed by atoms with van der Waals surface area (Å²) in [5.41, 5.74) is -0.170. The molecule has 0 bridgehead atoms. The van der Waals surface area contributed by atoms with Crippen LogP contribution in [0.15, 0.2) is 0 Å². The van der Waals surface area contributed by atoms with E-state index in [4.69, 9.17) is 11.2 Å². The molecule has 0 aliphatic heterocycles. The number of amides is 1. The highest BCUT2D eigenvalue weighted by Crippen LogP contribution is 2.34. The quantitative estimate of drug-likeness (QED) is 0.681. The zero-order chi connectivity index (χ0) is 10.8. The predicted octanol–water partition coefficient (Wildman–Crippen LogP) is 0.939. The van der Waals surface area contributed by atoms with Crippen LogP contribution >= 0.6 is 0 Å². The van der Waals surface area contributed by atoms with E-state index >= 15 is 0 Å². The number of rotatable bonds is 3. The van der Waals surface area contributed by atoms with Crippen molar-refractivity contribution < 1.29 is 9.53 Å². The first-order valence-electron chi connectivity index (χ1n) is 4.81. The smallest absolute Gasteiger partial charge is 0.226 e. The lowest BCUT2D eigenvalue weighted by Gasteiger charge is -2.20. The summed E-state index contributed by atoms with van der Waals surface area (Å²) in [4.78, 5) is 11.6. The molecule has 3 nitrogen and oxygen atoms in total. The number of ether oxygens (including phenoxy) is 1. The zero-order valence-electron chi connectivity index (χ0n) is 8.96. The Kier molecular flexibility index (Phi) is 3.17. The van der Waals surface area contributed by atoms with Crippen molar-refractivity contribution in [2.24, 2.45) is 5.92 Å². The van der Waals surface area contributed by atoms with Crippen LogP contribution < -0.4 is 5.32 Å². The molecule has 0 radical (unpaired) electrons. The van der Waals surface area contributed by atoms with Crippen molar-refractivity contribution in [3.05, 3.63) is 0 Å². The lowest BCUT2D eigenvalue weighted by atomic mass is 10.1. The molecule has 1 fully saturated rings. The standard InChI is InChI=1S/C11H17NO2/c1-5-6-14-9-7-8(9)10(13)12-11(2,3)4/h1,8-9H,6-7H2,2-4H3,(H,12,13)/t8-,9-/m0/s1. The van der Waals surface area contributed by atoms with E-state index in [0.717, 1.165) is 6.42 Å². The van der Waals surface area contributed by atoms with Gasteiger partial charge in [-0.05, 0) is 27.2 Å². The Morgan fingerprint density at radius 3 is 2.79 bits per heavy atom. The van der Waals surface area contributed by atoms with Crippen LogP contribution in [0.3, 0.4) is 0 Å². The molecule has 0 aromatic carbocycles. The van der Waals surface area contributed by atoms with E-state index in [1.807, 2.05) is 20.8 Å². The summed E-state index contributed by atoms with van der Waals surface area (Å²) in [6.45, 7) is 6.18. The molecule has 0 saturated heterocycles. The summed E-state index contributed by atoms with van der Waals surface area (Å²) in [5, 5.41) is 2.92. The second-order valence-electron chi connectivity index (χ2n) is 4.64. The van der Waals surface area contributed by atoms with Crippen LogP contribution in [-0.2, 0) is 9.53 Å². The molecule has 1 N–H and O–H groups in total. The highest BCUT2D eigenvalue weighted by Gasteiger charge is 2.44. The van der Waals surface area contributed by atoms with Gasteiger partial charge < -0.3 is 10.1 Å². The van der Waals surface area contributed by atoms with Gasteiger partial charge in [0.2, 0.25) is 5.91 Å². The molecule has 1 aliphatic carbocycles. The van der Waals surface area contributed by atoms with Crippen molar-refractivity contribution in [1.82, 2.24) is 5.32 Å². The molecule has 1 rings (SSSR count). The summed E-state index contributed by atoms with van der Waals surface area (Å²) >= 11 is 0. The van der Waals surface area contributed by atoms with Crippen molar-refractivity contribution >= 4 is 5.91 Å². The van der Waals surface area contributed by atoms with Crippen LogP contribution in [0.5, 0.6) is 0 Å². The van der Waals surface area contributed by atoms with Crippen molar-refractivity contribution in [2.75, 3.05) is 6.61 Å². The third-order valence-electron chi connectivity index (χ3n) is 1.95. The average molecular weight is 195 g/mol. The van der Waals surface area contributed by atoms with E-state index in [9.17, 15) is 4.79 Å². The second-order valence-corrected chi connectivity index (χ2v) is 4.64. The van der Waals surface area contributed by atoms with Gasteiger partial charge in [0.15, 0.2) is 0 Å². The summed E-state index contributed by atoms with van der Waals surface area (Å²) < 4.78 is 5.25. The van der Waals surface area contributed by atoms with E-state index in [2.05, 4.69) is 11.2 Å². The molecule has 0 aromatic heterocycles. The zero-order valence-corrected chi connectivity index (χ0v) is 8.96. The van der Waals surface area contributed by atoms with E-state index in [1.165, 1.54) is 0 Å². The first kappa shape index (κ1) is 11.1. The largest absolute Gasteiger partial charge is 0.365 e. The topological polar surface area (TPSA) is 38.3 Å². The highest BCUT2D eigenvalue weighted by atomic mass is 16.5. The maximum absolute atomic E-state index is 11.6. The van der Waals surface area contributed by atoms with Gasteiger partial charge in [0, 0.05) is 5.54 Å². The molecular formula is C11H17NO2. The molecule has 1 aliphatic rings. The minimum atomic E-state index is -0.170. The van der Waals surface area contributed by atoms with Gasteiger partial charge in [-0.15, -0.1) is 6.42 Å². The lowest BCUT2D eigenvalue weighted by Crippen LogP contribution is -2.42. The summed E-state index contributed by atoms with van der Waals surface area (Å²) in [7, 11) is 0. The van der Waals surface area contributed by atoms with Gasteiger partial charge in [-0.2, -0.15) is 0 Å². The van der Waals surface area contributed by atoms with Crippen molar-refractivity contribution in [3.63, 3.8) is 0 Å². The third-order valence-corrected chi connectivity index (χ3v) is 1.95. The molecule has 14 heavy (non-hydrogen) atoms. The molecule has 78 valence electrons. The molecule has 0 aromatic rings. The number of carbonyl (C=O) groups excluding carboxylic acids is 1. The summed E-state index contributed by atoms with van der Waals surface area (Å²) in [6, 6.07) is 0. The Morgan fingerprint density at radius 1 is 1.64 bits per heavy atom. The molecule has 1 amide bonds. The fourth-order valence-corrected chi connectivity index (χ4v) is 1.25. The molecule has 0 heterocycles. The minimum absolute atomic E-state index is 0.00238. The first-order chi connectivity index (χ1) is 6.44. The molecule has 3 heteroatoms. The van der Waals surface area contributed by atoms with E-state index in [-0.39, 0.29) is 23.5 Å². The number of carbonyl (C=O) groups is 1. The fourth-order valence-electron chi connectivity index (χ4n) is 1.25.